The maximum atomic E-state index is 12.5. The van der Waals surface area contributed by atoms with E-state index in [1.807, 2.05) is 0 Å². The second-order valence-corrected chi connectivity index (χ2v) is 2.28. The quantitative estimate of drug-likeness (QED) is 0.392. The molecule has 0 aliphatic rings. The van der Waals surface area contributed by atoms with Crippen molar-refractivity contribution in [3.05, 3.63) is 24.0 Å². The normalized spacial score (nSPS) is 9.50. The molecule has 1 rings (SSSR count). The van der Waals surface area contributed by atoms with Crippen LogP contribution in [0.15, 0.2) is 18.2 Å². The van der Waals surface area contributed by atoms with Crippen LogP contribution in [0.3, 0.4) is 0 Å². The number of hydrogen-bond acceptors (Lipinski definition) is 3. The number of anilines is 1. The average molecular weight is 169 g/mol. The van der Waals surface area contributed by atoms with Crippen LogP contribution < -0.4 is 10.5 Å². The molecular weight excluding hydrogens is 161 g/mol. The number of rotatable bonds is 1. The Morgan fingerprint density at radius 2 is 2.25 bits per heavy atom. The highest BCUT2D eigenvalue weighted by Gasteiger charge is 2.03. The number of esters is 1. The van der Waals surface area contributed by atoms with Crippen LogP contribution in [0, 0.1) is 5.82 Å². The molecule has 0 unspecified atom stereocenters. The van der Waals surface area contributed by atoms with Crippen molar-refractivity contribution < 1.29 is 13.9 Å². The Balaban J connectivity index is 2.93. The van der Waals surface area contributed by atoms with Gasteiger partial charge >= 0.3 is 5.97 Å². The Kier molecular flexibility index (Phi) is 2.28. The zero-order chi connectivity index (χ0) is 9.14. The number of hydrogen-bond donors (Lipinski definition) is 1. The highest BCUT2D eigenvalue weighted by atomic mass is 19.1. The maximum absolute atomic E-state index is 12.5. The van der Waals surface area contributed by atoms with Crippen molar-refractivity contribution in [1.82, 2.24) is 0 Å². The number of carbonyl (C=O) groups excluding carboxylic acids is 1. The molecule has 0 saturated heterocycles. The van der Waals surface area contributed by atoms with Gasteiger partial charge in [0.05, 0.1) is 5.69 Å². The highest BCUT2D eigenvalue weighted by molar-refractivity contribution is 5.71. The summed E-state index contributed by atoms with van der Waals surface area (Å²) in [6.45, 7) is 1.25. The number of halogens is 1. The standard InChI is InChI=1S/C8H8FNO2/c1-5(11)12-8-3-2-6(9)4-7(8)10/h2-4H,10H2,1H3. The molecule has 0 bridgehead atoms. The molecule has 0 saturated carbocycles. The molecule has 0 atom stereocenters. The van der Waals surface area contributed by atoms with E-state index in [4.69, 9.17) is 5.73 Å². The molecule has 0 aliphatic carbocycles. The molecule has 0 aromatic heterocycles. The molecule has 0 radical (unpaired) electrons. The Morgan fingerprint density at radius 1 is 1.58 bits per heavy atom. The number of nitrogen functional groups attached to an aromatic ring is 1. The first kappa shape index (κ1) is 8.52. The molecular formula is C8H8FNO2. The summed E-state index contributed by atoms with van der Waals surface area (Å²) >= 11 is 0. The summed E-state index contributed by atoms with van der Waals surface area (Å²) in [7, 11) is 0. The van der Waals surface area contributed by atoms with Crippen molar-refractivity contribution in [1.29, 1.82) is 0 Å². The van der Waals surface area contributed by atoms with Gasteiger partial charge in [0.2, 0.25) is 0 Å². The van der Waals surface area contributed by atoms with E-state index in [2.05, 4.69) is 4.74 Å². The minimum atomic E-state index is -0.478. The molecule has 0 fully saturated rings. The summed E-state index contributed by atoms with van der Waals surface area (Å²) in [5, 5.41) is 0. The van der Waals surface area contributed by atoms with E-state index in [0.29, 0.717) is 0 Å². The topological polar surface area (TPSA) is 52.3 Å². The Hall–Kier alpha value is -1.58. The summed E-state index contributed by atoms with van der Waals surface area (Å²) in [6.07, 6.45) is 0. The van der Waals surface area contributed by atoms with Gasteiger partial charge in [-0.3, -0.25) is 4.79 Å². The number of benzene rings is 1. The van der Waals surface area contributed by atoms with E-state index >= 15 is 0 Å². The molecule has 1 aromatic carbocycles. The van der Waals surface area contributed by atoms with E-state index in [-0.39, 0.29) is 11.4 Å². The van der Waals surface area contributed by atoms with Crippen LogP contribution in [0.5, 0.6) is 5.75 Å². The van der Waals surface area contributed by atoms with Crippen LogP contribution >= 0.6 is 0 Å². The molecule has 1 aromatic rings. The molecule has 2 N–H and O–H groups in total. The summed E-state index contributed by atoms with van der Waals surface area (Å²) in [4.78, 5) is 10.5. The number of carbonyl (C=O) groups is 1. The van der Waals surface area contributed by atoms with Crippen molar-refractivity contribution in [2.75, 3.05) is 5.73 Å². The van der Waals surface area contributed by atoms with Crippen LogP contribution in [0.2, 0.25) is 0 Å². The first-order valence-corrected chi connectivity index (χ1v) is 3.33. The van der Waals surface area contributed by atoms with Gasteiger partial charge in [-0.05, 0) is 12.1 Å². The molecule has 0 heterocycles. The zero-order valence-corrected chi connectivity index (χ0v) is 6.50. The number of nitrogens with two attached hydrogens (primary N) is 1. The Bertz CT molecular complexity index is 312. The summed E-state index contributed by atoms with van der Waals surface area (Å²) in [5.74, 6) is -0.749. The minimum Gasteiger partial charge on any atom is -0.425 e. The molecule has 0 spiro atoms. The first-order valence-electron chi connectivity index (χ1n) is 3.33. The van der Waals surface area contributed by atoms with Gasteiger partial charge in [-0.1, -0.05) is 0 Å². The van der Waals surface area contributed by atoms with Crippen LogP contribution in [-0.2, 0) is 4.79 Å². The minimum absolute atomic E-state index is 0.116. The van der Waals surface area contributed by atoms with Crippen molar-refractivity contribution in [2.24, 2.45) is 0 Å². The van der Waals surface area contributed by atoms with Crippen LogP contribution in [0.25, 0.3) is 0 Å². The molecule has 4 heteroatoms. The Labute approximate surface area is 68.9 Å². The van der Waals surface area contributed by atoms with E-state index in [1.165, 1.54) is 19.1 Å². The molecule has 0 aliphatic heterocycles. The lowest BCUT2D eigenvalue weighted by Gasteiger charge is -2.03. The van der Waals surface area contributed by atoms with Gasteiger partial charge in [0.1, 0.15) is 5.82 Å². The van der Waals surface area contributed by atoms with Gasteiger partial charge in [0, 0.05) is 13.0 Å². The molecule has 0 amide bonds. The summed E-state index contributed by atoms with van der Waals surface area (Å²) in [5.41, 5.74) is 5.47. The zero-order valence-electron chi connectivity index (χ0n) is 6.50. The fourth-order valence-electron chi connectivity index (χ4n) is 0.767. The van der Waals surface area contributed by atoms with Crippen LogP contribution in [0.4, 0.5) is 10.1 Å². The molecule has 3 nitrogen and oxygen atoms in total. The van der Waals surface area contributed by atoms with Gasteiger partial charge in [-0.2, -0.15) is 0 Å². The third kappa shape index (κ3) is 1.95. The van der Waals surface area contributed by atoms with Crippen LogP contribution in [-0.4, -0.2) is 5.97 Å². The lowest BCUT2D eigenvalue weighted by Crippen LogP contribution is -2.03. The second kappa shape index (κ2) is 3.21. The molecule has 12 heavy (non-hydrogen) atoms. The van der Waals surface area contributed by atoms with E-state index in [1.54, 1.807) is 0 Å². The van der Waals surface area contributed by atoms with Gasteiger partial charge in [0.15, 0.2) is 5.75 Å². The van der Waals surface area contributed by atoms with Crippen molar-refractivity contribution in [2.45, 2.75) is 6.92 Å². The fraction of sp³-hybridized carbons (Fsp3) is 0.125. The third-order valence-corrected chi connectivity index (χ3v) is 1.23. The van der Waals surface area contributed by atoms with Crippen LogP contribution in [0.1, 0.15) is 6.92 Å². The maximum Gasteiger partial charge on any atom is 0.308 e. The predicted molar refractivity (Wildman–Crippen MR) is 42.1 cm³/mol. The van der Waals surface area contributed by atoms with Gasteiger partial charge in [0.25, 0.3) is 0 Å². The second-order valence-electron chi connectivity index (χ2n) is 2.28. The van der Waals surface area contributed by atoms with E-state index in [9.17, 15) is 9.18 Å². The average Bonchev–Trinajstić information content (AvgIpc) is 1.94. The van der Waals surface area contributed by atoms with Gasteiger partial charge in [-0.25, -0.2) is 4.39 Å². The Morgan fingerprint density at radius 3 is 2.75 bits per heavy atom. The smallest absolute Gasteiger partial charge is 0.308 e. The lowest BCUT2D eigenvalue weighted by atomic mass is 10.3. The van der Waals surface area contributed by atoms with Crippen molar-refractivity contribution >= 4 is 11.7 Å². The third-order valence-electron chi connectivity index (χ3n) is 1.23. The monoisotopic (exact) mass is 169 g/mol. The van der Waals surface area contributed by atoms with Gasteiger partial charge in [-0.15, -0.1) is 0 Å². The summed E-state index contributed by atoms with van der Waals surface area (Å²) in [6, 6.07) is 3.58. The molecule has 64 valence electrons. The summed E-state index contributed by atoms with van der Waals surface area (Å²) < 4.78 is 17.1. The fourth-order valence-corrected chi connectivity index (χ4v) is 0.767. The predicted octanol–water partition coefficient (Wildman–Crippen LogP) is 1.33. The van der Waals surface area contributed by atoms with Crippen molar-refractivity contribution in [3.8, 4) is 5.75 Å². The van der Waals surface area contributed by atoms with E-state index < -0.39 is 11.8 Å². The lowest BCUT2D eigenvalue weighted by molar-refractivity contribution is -0.131. The number of ether oxygens (including phenoxy) is 1. The van der Waals surface area contributed by atoms with Gasteiger partial charge < -0.3 is 10.5 Å². The highest BCUT2D eigenvalue weighted by Crippen LogP contribution is 2.21. The van der Waals surface area contributed by atoms with E-state index in [0.717, 1.165) is 6.07 Å². The largest absolute Gasteiger partial charge is 0.425 e. The SMILES string of the molecule is CC(=O)Oc1ccc(F)cc1N. The van der Waals surface area contributed by atoms with Crippen molar-refractivity contribution in [3.63, 3.8) is 0 Å². The first-order chi connectivity index (χ1) is 5.59.